The van der Waals surface area contributed by atoms with Gasteiger partial charge in [-0.3, -0.25) is 9.69 Å². The second-order valence-electron chi connectivity index (χ2n) is 5.48. The van der Waals surface area contributed by atoms with Crippen LogP contribution >= 0.6 is 0 Å². The first-order chi connectivity index (χ1) is 8.74. The summed E-state index contributed by atoms with van der Waals surface area (Å²) in [5.74, 6) is 0.111. The summed E-state index contributed by atoms with van der Waals surface area (Å²) in [5, 5.41) is 9.15. The van der Waals surface area contributed by atoms with Crippen molar-refractivity contribution >= 4 is 5.97 Å². The van der Waals surface area contributed by atoms with Gasteiger partial charge in [0.25, 0.3) is 0 Å². The second kappa shape index (κ2) is 4.73. The summed E-state index contributed by atoms with van der Waals surface area (Å²) < 4.78 is 0. The van der Waals surface area contributed by atoms with E-state index in [4.69, 9.17) is 5.11 Å². The quantitative estimate of drug-likeness (QED) is 0.886. The Morgan fingerprint density at radius 1 is 1.22 bits per heavy atom. The van der Waals surface area contributed by atoms with Crippen molar-refractivity contribution in [3.05, 3.63) is 35.4 Å². The number of carboxylic acids is 1. The van der Waals surface area contributed by atoms with Crippen LogP contribution in [0.25, 0.3) is 0 Å². The number of nitrogens with zero attached hydrogens (tertiary/aromatic N) is 1. The summed E-state index contributed by atoms with van der Waals surface area (Å²) in [5.41, 5.74) is 2.67. The lowest BCUT2D eigenvalue weighted by atomic mass is 10.1. The minimum Gasteiger partial charge on any atom is -0.480 e. The van der Waals surface area contributed by atoms with Crippen molar-refractivity contribution in [3.8, 4) is 0 Å². The van der Waals surface area contributed by atoms with E-state index in [-0.39, 0.29) is 6.04 Å². The van der Waals surface area contributed by atoms with Gasteiger partial charge in [0.05, 0.1) is 0 Å². The largest absolute Gasteiger partial charge is 0.480 e. The maximum absolute atomic E-state index is 11.1. The van der Waals surface area contributed by atoms with Crippen LogP contribution in [-0.4, -0.2) is 28.6 Å². The van der Waals surface area contributed by atoms with Crippen LogP contribution in [-0.2, 0) is 11.3 Å². The Kier molecular flexibility index (Phi) is 3.08. The van der Waals surface area contributed by atoms with Crippen LogP contribution in [0.2, 0.25) is 0 Å². The normalized spacial score (nSPS) is 24.3. The molecule has 0 radical (unpaired) electrons. The Hall–Kier alpha value is -1.35. The van der Waals surface area contributed by atoms with Crippen molar-refractivity contribution in [1.82, 2.24) is 4.90 Å². The van der Waals surface area contributed by atoms with Gasteiger partial charge in [-0.1, -0.05) is 24.3 Å². The minimum absolute atomic E-state index is 0.284. The van der Waals surface area contributed by atoms with Gasteiger partial charge in [-0.15, -0.1) is 0 Å². The first-order valence-electron chi connectivity index (χ1n) is 6.80. The van der Waals surface area contributed by atoms with Gasteiger partial charge in [-0.05, 0) is 49.3 Å². The highest BCUT2D eigenvalue weighted by molar-refractivity contribution is 5.73. The van der Waals surface area contributed by atoms with Crippen molar-refractivity contribution in [2.75, 3.05) is 6.54 Å². The number of carbonyl (C=O) groups is 1. The summed E-state index contributed by atoms with van der Waals surface area (Å²) in [4.78, 5) is 13.2. The third-order valence-electron chi connectivity index (χ3n) is 4.06. The first-order valence-corrected chi connectivity index (χ1v) is 6.80. The fourth-order valence-corrected chi connectivity index (χ4v) is 2.84. The highest BCUT2D eigenvalue weighted by Crippen LogP contribution is 2.39. The molecule has 96 valence electrons. The molecule has 1 aliphatic carbocycles. The molecule has 3 rings (SSSR count). The standard InChI is InChI=1S/C15H19NO2/c17-15(18)14-2-1-9-16(14)10-11-3-5-12(6-4-11)13-7-8-13/h3-6,13-14H,1-2,7-10H2,(H,17,18)/t14-/m0/s1. The summed E-state index contributed by atoms with van der Waals surface area (Å²) in [7, 11) is 0. The third-order valence-corrected chi connectivity index (χ3v) is 4.06. The fourth-order valence-electron chi connectivity index (χ4n) is 2.84. The molecule has 0 spiro atoms. The van der Waals surface area contributed by atoms with Gasteiger partial charge in [-0.2, -0.15) is 0 Å². The Labute approximate surface area is 107 Å². The molecular formula is C15H19NO2. The molecule has 3 heteroatoms. The number of benzene rings is 1. The van der Waals surface area contributed by atoms with Gasteiger partial charge in [0, 0.05) is 6.54 Å². The zero-order chi connectivity index (χ0) is 12.5. The van der Waals surface area contributed by atoms with Crippen molar-refractivity contribution in [2.45, 2.75) is 44.2 Å². The molecule has 1 aromatic carbocycles. The van der Waals surface area contributed by atoms with Gasteiger partial charge in [-0.25, -0.2) is 0 Å². The van der Waals surface area contributed by atoms with Crippen LogP contribution in [0.15, 0.2) is 24.3 Å². The summed E-state index contributed by atoms with van der Waals surface area (Å²) in [6, 6.07) is 8.45. The summed E-state index contributed by atoms with van der Waals surface area (Å²) in [6.07, 6.45) is 4.44. The molecule has 1 saturated carbocycles. The highest BCUT2D eigenvalue weighted by atomic mass is 16.4. The molecule has 1 N–H and O–H groups in total. The van der Waals surface area contributed by atoms with Crippen LogP contribution < -0.4 is 0 Å². The van der Waals surface area contributed by atoms with Crippen molar-refractivity contribution in [1.29, 1.82) is 0 Å². The number of aliphatic carboxylic acids is 1. The van der Waals surface area contributed by atoms with E-state index >= 15 is 0 Å². The number of hydrogen-bond acceptors (Lipinski definition) is 2. The number of carboxylic acid groups (broad SMARTS) is 1. The molecule has 1 aromatic rings. The molecule has 0 aromatic heterocycles. The number of rotatable bonds is 4. The molecule has 18 heavy (non-hydrogen) atoms. The van der Waals surface area contributed by atoms with E-state index in [1.807, 2.05) is 0 Å². The smallest absolute Gasteiger partial charge is 0.320 e. The molecule has 1 atom stereocenters. The molecule has 1 saturated heterocycles. The Morgan fingerprint density at radius 3 is 2.56 bits per heavy atom. The van der Waals surface area contributed by atoms with Gasteiger partial charge >= 0.3 is 5.97 Å². The molecule has 0 amide bonds. The lowest BCUT2D eigenvalue weighted by molar-refractivity contribution is -0.142. The Bertz CT molecular complexity index is 436. The van der Waals surface area contributed by atoms with Gasteiger partial charge in [0.1, 0.15) is 6.04 Å². The van der Waals surface area contributed by atoms with Crippen molar-refractivity contribution < 1.29 is 9.90 Å². The van der Waals surface area contributed by atoms with E-state index in [9.17, 15) is 4.79 Å². The highest BCUT2D eigenvalue weighted by Gasteiger charge is 2.30. The van der Waals surface area contributed by atoms with E-state index in [0.717, 1.165) is 31.8 Å². The molecular weight excluding hydrogens is 226 g/mol. The minimum atomic E-state index is -0.679. The number of likely N-dealkylation sites (tertiary alicyclic amines) is 1. The van der Waals surface area contributed by atoms with Gasteiger partial charge in [0.2, 0.25) is 0 Å². The molecule has 0 unspecified atom stereocenters. The maximum Gasteiger partial charge on any atom is 0.320 e. The molecule has 3 nitrogen and oxygen atoms in total. The molecule has 1 aliphatic heterocycles. The lowest BCUT2D eigenvalue weighted by Gasteiger charge is -2.21. The summed E-state index contributed by atoms with van der Waals surface area (Å²) >= 11 is 0. The van der Waals surface area contributed by atoms with Crippen LogP contribution in [0.5, 0.6) is 0 Å². The second-order valence-corrected chi connectivity index (χ2v) is 5.48. The fraction of sp³-hybridized carbons (Fsp3) is 0.533. The average Bonchev–Trinajstić information content (AvgIpc) is 3.10. The SMILES string of the molecule is O=C(O)[C@@H]1CCCN1Cc1ccc(C2CC2)cc1. The monoisotopic (exact) mass is 245 g/mol. The van der Waals surface area contributed by atoms with Gasteiger partial charge < -0.3 is 5.11 Å². The molecule has 2 fully saturated rings. The zero-order valence-electron chi connectivity index (χ0n) is 10.5. The maximum atomic E-state index is 11.1. The third kappa shape index (κ3) is 2.41. The van der Waals surface area contributed by atoms with Crippen LogP contribution in [0.3, 0.4) is 0 Å². The van der Waals surface area contributed by atoms with Crippen LogP contribution in [0, 0.1) is 0 Å². The first kappa shape index (κ1) is 11.7. The molecule has 2 aliphatic rings. The lowest BCUT2D eigenvalue weighted by Crippen LogP contribution is -2.35. The molecule has 0 bridgehead atoms. The topological polar surface area (TPSA) is 40.5 Å². The van der Waals surface area contributed by atoms with Crippen LogP contribution in [0.4, 0.5) is 0 Å². The average molecular weight is 245 g/mol. The number of hydrogen-bond donors (Lipinski definition) is 1. The van der Waals surface area contributed by atoms with E-state index in [2.05, 4.69) is 29.2 Å². The van der Waals surface area contributed by atoms with Crippen LogP contribution in [0.1, 0.15) is 42.7 Å². The van der Waals surface area contributed by atoms with E-state index in [1.165, 1.54) is 24.0 Å². The molecule has 1 heterocycles. The Morgan fingerprint density at radius 2 is 1.94 bits per heavy atom. The summed E-state index contributed by atoms with van der Waals surface area (Å²) in [6.45, 7) is 1.67. The van der Waals surface area contributed by atoms with E-state index < -0.39 is 5.97 Å². The van der Waals surface area contributed by atoms with Crippen molar-refractivity contribution in [2.24, 2.45) is 0 Å². The van der Waals surface area contributed by atoms with E-state index in [0.29, 0.717) is 0 Å². The van der Waals surface area contributed by atoms with E-state index in [1.54, 1.807) is 0 Å². The Balaban J connectivity index is 1.66. The predicted molar refractivity (Wildman–Crippen MR) is 69.5 cm³/mol. The van der Waals surface area contributed by atoms with Gasteiger partial charge in [0.15, 0.2) is 0 Å². The predicted octanol–water partition coefficient (Wildman–Crippen LogP) is 2.61. The zero-order valence-corrected chi connectivity index (χ0v) is 10.5. The van der Waals surface area contributed by atoms with Crippen molar-refractivity contribution in [3.63, 3.8) is 0 Å².